The molecule has 0 spiro atoms. The zero-order valence-corrected chi connectivity index (χ0v) is 14.5. The molecular formula is C20H25N3O2. The number of nitrogens with zero attached hydrogens (tertiary/aromatic N) is 3. The Hall–Kier alpha value is -1.98. The van der Waals surface area contributed by atoms with Crippen LogP contribution in [-0.2, 0) is 11.3 Å². The van der Waals surface area contributed by atoms with Crippen LogP contribution in [0.15, 0.2) is 36.5 Å². The number of fused-ring (bicyclic) bond motifs is 1. The number of para-hydroxylation sites is 1. The second-order valence-corrected chi connectivity index (χ2v) is 7.31. The van der Waals surface area contributed by atoms with Crippen molar-refractivity contribution in [1.82, 2.24) is 14.8 Å². The van der Waals surface area contributed by atoms with Crippen LogP contribution in [0.1, 0.15) is 24.8 Å². The molecule has 2 aliphatic rings. The molecule has 1 N–H and O–H groups in total. The van der Waals surface area contributed by atoms with Crippen molar-refractivity contribution in [3.8, 4) is 0 Å². The minimum Gasteiger partial charge on any atom is -0.391 e. The molecule has 5 heteroatoms. The number of pyridine rings is 1. The molecular weight excluding hydrogens is 314 g/mol. The lowest BCUT2D eigenvalue weighted by molar-refractivity contribution is -0.131. The molecule has 1 aromatic carbocycles. The Morgan fingerprint density at radius 2 is 1.96 bits per heavy atom. The van der Waals surface area contributed by atoms with Gasteiger partial charge in [-0.15, -0.1) is 0 Å². The predicted molar refractivity (Wildman–Crippen MR) is 96.9 cm³/mol. The molecule has 2 aliphatic heterocycles. The van der Waals surface area contributed by atoms with Gasteiger partial charge in [0.2, 0.25) is 5.91 Å². The van der Waals surface area contributed by atoms with Crippen molar-refractivity contribution in [2.45, 2.75) is 31.9 Å². The maximum atomic E-state index is 12.4. The number of benzene rings is 1. The standard InChI is InChI=1S/C20H25N3O2/c24-18-14-22(13-17(18)11-19(25)23-9-1-2-10-23)12-16-6-3-5-15-7-4-8-21-20(15)16/h3-8,17-18,24H,1-2,9-14H2/t17-,18-/m0/s1. The van der Waals surface area contributed by atoms with Crippen molar-refractivity contribution >= 4 is 16.8 Å². The first-order valence-corrected chi connectivity index (χ1v) is 9.21. The van der Waals surface area contributed by atoms with Gasteiger partial charge in [-0.25, -0.2) is 0 Å². The van der Waals surface area contributed by atoms with Gasteiger partial charge in [0.05, 0.1) is 11.6 Å². The van der Waals surface area contributed by atoms with Crippen LogP contribution >= 0.6 is 0 Å². The number of aliphatic hydroxyl groups excluding tert-OH is 1. The van der Waals surface area contributed by atoms with E-state index in [2.05, 4.69) is 34.1 Å². The normalized spacial score (nSPS) is 24.3. The third kappa shape index (κ3) is 3.53. The van der Waals surface area contributed by atoms with Crippen LogP contribution in [0.25, 0.3) is 10.9 Å². The van der Waals surface area contributed by atoms with E-state index < -0.39 is 6.10 Å². The van der Waals surface area contributed by atoms with Crippen LogP contribution < -0.4 is 0 Å². The topological polar surface area (TPSA) is 56.7 Å². The highest BCUT2D eigenvalue weighted by atomic mass is 16.3. The van der Waals surface area contributed by atoms with E-state index in [0.29, 0.717) is 13.0 Å². The van der Waals surface area contributed by atoms with Crippen LogP contribution in [-0.4, -0.2) is 58.1 Å². The minimum absolute atomic E-state index is 0.0380. The Morgan fingerprint density at radius 1 is 1.16 bits per heavy atom. The zero-order valence-electron chi connectivity index (χ0n) is 14.5. The van der Waals surface area contributed by atoms with E-state index in [4.69, 9.17) is 0 Å². The van der Waals surface area contributed by atoms with E-state index in [9.17, 15) is 9.90 Å². The molecule has 3 heterocycles. The highest BCUT2D eigenvalue weighted by Gasteiger charge is 2.34. The summed E-state index contributed by atoms with van der Waals surface area (Å²) < 4.78 is 0. The minimum atomic E-state index is -0.422. The van der Waals surface area contributed by atoms with Gasteiger partial charge in [-0.2, -0.15) is 0 Å². The number of likely N-dealkylation sites (tertiary alicyclic amines) is 2. The maximum Gasteiger partial charge on any atom is 0.222 e. The first-order valence-electron chi connectivity index (χ1n) is 9.21. The average Bonchev–Trinajstić information content (AvgIpc) is 3.26. The van der Waals surface area contributed by atoms with Crippen LogP contribution in [0.5, 0.6) is 0 Å². The number of amides is 1. The molecule has 25 heavy (non-hydrogen) atoms. The summed E-state index contributed by atoms with van der Waals surface area (Å²) in [6, 6.07) is 10.3. The van der Waals surface area contributed by atoms with E-state index in [1.807, 2.05) is 17.2 Å². The smallest absolute Gasteiger partial charge is 0.222 e. The Kier molecular flexibility index (Phi) is 4.68. The van der Waals surface area contributed by atoms with Crippen LogP contribution in [0.4, 0.5) is 0 Å². The molecule has 0 unspecified atom stereocenters. The lowest BCUT2D eigenvalue weighted by Crippen LogP contribution is -2.32. The summed E-state index contributed by atoms with van der Waals surface area (Å²) in [7, 11) is 0. The first kappa shape index (κ1) is 16.5. The van der Waals surface area contributed by atoms with Crippen LogP contribution in [0.2, 0.25) is 0 Å². The fourth-order valence-electron chi connectivity index (χ4n) is 4.13. The molecule has 0 saturated carbocycles. The summed E-state index contributed by atoms with van der Waals surface area (Å²) in [6.45, 7) is 3.92. The average molecular weight is 339 g/mol. The lowest BCUT2D eigenvalue weighted by Gasteiger charge is -2.19. The number of rotatable bonds is 4. The van der Waals surface area contributed by atoms with Gasteiger partial charge in [0.15, 0.2) is 0 Å². The quantitative estimate of drug-likeness (QED) is 0.926. The summed E-state index contributed by atoms with van der Waals surface area (Å²) in [6.07, 6.45) is 4.08. The van der Waals surface area contributed by atoms with Crippen molar-refractivity contribution in [2.75, 3.05) is 26.2 Å². The number of aromatic nitrogens is 1. The third-order valence-electron chi connectivity index (χ3n) is 5.49. The summed E-state index contributed by atoms with van der Waals surface area (Å²) in [5.74, 6) is 0.242. The van der Waals surface area contributed by atoms with Crippen molar-refractivity contribution in [1.29, 1.82) is 0 Å². The van der Waals surface area contributed by atoms with E-state index in [0.717, 1.165) is 49.9 Å². The zero-order chi connectivity index (χ0) is 17.2. The summed E-state index contributed by atoms with van der Waals surface area (Å²) in [4.78, 5) is 21.1. The highest BCUT2D eigenvalue weighted by Crippen LogP contribution is 2.25. The molecule has 132 valence electrons. The third-order valence-corrected chi connectivity index (χ3v) is 5.49. The molecule has 5 nitrogen and oxygen atoms in total. The molecule has 2 saturated heterocycles. The number of hydrogen-bond acceptors (Lipinski definition) is 4. The van der Waals surface area contributed by atoms with E-state index in [1.165, 1.54) is 5.56 Å². The van der Waals surface area contributed by atoms with Gasteiger partial charge in [-0.1, -0.05) is 24.3 Å². The highest BCUT2D eigenvalue weighted by molar-refractivity contribution is 5.81. The Labute approximate surface area is 148 Å². The van der Waals surface area contributed by atoms with E-state index >= 15 is 0 Å². The van der Waals surface area contributed by atoms with Gasteiger partial charge in [0.25, 0.3) is 0 Å². The summed E-state index contributed by atoms with van der Waals surface area (Å²) in [5, 5.41) is 11.6. The van der Waals surface area contributed by atoms with Gasteiger partial charge in [0.1, 0.15) is 0 Å². The van der Waals surface area contributed by atoms with Crippen molar-refractivity contribution in [2.24, 2.45) is 5.92 Å². The summed E-state index contributed by atoms with van der Waals surface area (Å²) in [5.41, 5.74) is 2.20. The van der Waals surface area contributed by atoms with Gasteiger partial charge in [-0.3, -0.25) is 14.7 Å². The molecule has 0 bridgehead atoms. The molecule has 0 aliphatic carbocycles. The van der Waals surface area contributed by atoms with Crippen molar-refractivity contribution in [3.63, 3.8) is 0 Å². The number of aliphatic hydroxyl groups is 1. The first-order chi connectivity index (χ1) is 12.2. The Balaban J connectivity index is 1.41. The number of hydrogen-bond donors (Lipinski definition) is 1. The predicted octanol–water partition coefficient (Wildman–Crippen LogP) is 2.04. The largest absolute Gasteiger partial charge is 0.391 e. The maximum absolute atomic E-state index is 12.4. The molecule has 2 atom stereocenters. The van der Waals surface area contributed by atoms with Crippen molar-refractivity contribution in [3.05, 3.63) is 42.1 Å². The molecule has 2 fully saturated rings. The SMILES string of the molecule is O=C(C[C@H]1CN(Cc2cccc3cccnc23)C[C@@H]1O)N1CCCC1. The molecule has 1 amide bonds. The van der Waals surface area contributed by atoms with Crippen LogP contribution in [0, 0.1) is 5.92 Å². The Morgan fingerprint density at radius 3 is 2.80 bits per heavy atom. The van der Waals surface area contributed by atoms with Gasteiger partial charge in [-0.05, 0) is 24.5 Å². The summed E-state index contributed by atoms with van der Waals surface area (Å²) >= 11 is 0. The lowest BCUT2D eigenvalue weighted by atomic mass is 10.0. The molecule has 2 aromatic rings. The van der Waals surface area contributed by atoms with Crippen molar-refractivity contribution < 1.29 is 9.90 Å². The molecule has 4 rings (SSSR count). The van der Waals surface area contributed by atoms with E-state index in [-0.39, 0.29) is 11.8 Å². The molecule has 0 radical (unpaired) electrons. The monoisotopic (exact) mass is 339 g/mol. The van der Waals surface area contributed by atoms with E-state index in [1.54, 1.807) is 0 Å². The Bertz CT molecular complexity index is 752. The van der Waals surface area contributed by atoms with Gasteiger partial charge < -0.3 is 10.0 Å². The fourth-order valence-corrected chi connectivity index (χ4v) is 4.13. The van der Waals surface area contributed by atoms with Gasteiger partial charge >= 0.3 is 0 Å². The number of carbonyl (C=O) groups is 1. The van der Waals surface area contributed by atoms with Crippen LogP contribution in [0.3, 0.4) is 0 Å². The molecule has 1 aromatic heterocycles. The number of carbonyl (C=O) groups excluding carboxylic acids is 1. The van der Waals surface area contributed by atoms with Gasteiger partial charge in [0, 0.05) is 56.6 Å². The second kappa shape index (κ2) is 7.10. The fraction of sp³-hybridized carbons (Fsp3) is 0.500. The second-order valence-electron chi connectivity index (χ2n) is 7.31. The number of β-amino-alcohol motifs (C(OH)–C–C–N with tert-alkyl or cyclic N) is 1.